The molecule has 1 aliphatic heterocycles. The molecular formula is C57H46N2. The van der Waals surface area contributed by atoms with Crippen molar-refractivity contribution in [3.63, 3.8) is 0 Å². The van der Waals surface area contributed by atoms with Gasteiger partial charge in [0.25, 0.3) is 0 Å². The summed E-state index contributed by atoms with van der Waals surface area (Å²) in [5.41, 5.74) is 17.0. The van der Waals surface area contributed by atoms with Crippen molar-refractivity contribution in [3.8, 4) is 0 Å². The van der Waals surface area contributed by atoms with Crippen LogP contribution in [0, 0.1) is 11.8 Å². The Kier molecular flexibility index (Phi) is 8.81. The second-order valence-corrected chi connectivity index (χ2v) is 16.7. The minimum atomic E-state index is 0.0739. The molecule has 5 aromatic rings. The van der Waals surface area contributed by atoms with Gasteiger partial charge in [-0.05, 0) is 110 Å². The molecule has 2 nitrogen and oxygen atoms in total. The summed E-state index contributed by atoms with van der Waals surface area (Å²) in [6.07, 6.45) is 38.5. The summed E-state index contributed by atoms with van der Waals surface area (Å²) in [5, 5.41) is 5.18. The maximum atomic E-state index is 5.48. The standard InChI is InChI=1S/C57H46N2/c1-36(20-21-38-22-27-42-32-33-52(58-56(42)37(38)2)41-12-4-3-5-13-41)44-30-25-40-26-31-45(35-46(40)34-44)39-23-28-43(29-24-39)57-55-50-17-9-7-15-48(50)47-14-6-8-16-49(47)54(55)51-18-10-11-19-53(51)59-57/h4,6-21,23-26,28-35,40,46,51,53H,1,3,5,22,27H2,2H3/b21-20-. The van der Waals surface area contributed by atoms with E-state index >= 15 is 0 Å². The normalized spacial score (nSPS) is 22.7. The fourth-order valence-corrected chi connectivity index (χ4v) is 10.1. The van der Waals surface area contributed by atoms with Gasteiger partial charge in [0, 0.05) is 28.9 Å². The van der Waals surface area contributed by atoms with E-state index in [1.807, 2.05) is 0 Å². The lowest BCUT2D eigenvalue weighted by Crippen LogP contribution is -2.26. The van der Waals surface area contributed by atoms with Crippen molar-refractivity contribution >= 4 is 44.0 Å². The van der Waals surface area contributed by atoms with Gasteiger partial charge in [-0.2, -0.15) is 0 Å². The van der Waals surface area contributed by atoms with Gasteiger partial charge >= 0.3 is 0 Å². The van der Waals surface area contributed by atoms with Crippen molar-refractivity contribution in [3.05, 3.63) is 239 Å². The number of aromatic nitrogens is 1. The number of pyridine rings is 1. The lowest BCUT2D eigenvalue weighted by molar-refractivity contribution is 0.658. The van der Waals surface area contributed by atoms with Crippen LogP contribution in [0.5, 0.6) is 0 Å². The SMILES string of the molecule is C=C(/C=C\C1=C(C)c2nc(C3=CCCC=C3)ccc2CC1)C1=CC2C=C(c3ccc(C4=NC5C=CC=CC5c5c4c4ccccc4c4ccccc54)cc3)C=CC2C=C1. The predicted molar refractivity (Wildman–Crippen MR) is 249 cm³/mol. The highest BCUT2D eigenvalue weighted by molar-refractivity contribution is 6.26. The minimum Gasteiger partial charge on any atom is -0.276 e. The van der Waals surface area contributed by atoms with Crippen LogP contribution >= 0.6 is 0 Å². The Labute approximate surface area is 347 Å². The molecule has 2 heterocycles. The first-order chi connectivity index (χ1) is 29.1. The Morgan fingerprint density at radius 2 is 1.46 bits per heavy atom. The van der Waals surface area contributed by atoms with Crippen molar-refractivity contribution in [2.75, 3.05) is 0 Å². The number of hydrogen-bond acceptors (Lipinski definition) is 2. The number of hydrogen-bond donors (Lipinski definition) is 0. The van der Waals surface area contributed by atoms with E-state index < -0.39 is 0 Å². The van der Waals surface area contributed by atoms with Gasteiger partial charge in [-0.15, -0.1) is 0 Å². The highest BCUT2D eigenvalue weighted by Gasteiger charge is 2.33. The maximum Gasteiger partial charge on any atom is 0.0794 e. The molecule has 2 heteroatoms. The lowest BCUT2D eigenvalue weighted by atomic mass is 9.75. The number of aliphatic imine (C=N–C) groups is 1. The monoisotopic (exact) mass is 758 g/mol. The number of benzene rings is 4. The largest absolute Gasteiger partial charge is 0.276 e. The van der Waals surface area contributed by atoms with Crippen LogP contribution in [-0.4, -0.2) is 16.7 Å². The molecular weight excluding hydrogens is 713 g/mol. The van der Waals surface area contributed by atoms with E-state index in [0.29, 0.717) is 5.92 Å². The average Bonchev–Trinajstić information content (AvgIpc) is 3.30. The Bertz CT molecular complexity index is 2960. The zero-order valence-corrected chi connectivity index (χ0v) is 33.5. The number of nitrogens with zero attached hydrogens (tertiary/aromatic N) is 2. The summed E-state index contributed by atoms with van der Waals surface area (Å²) >= 11 is 0. The summed E-state index contributed by atoms with van der Waals surface area (Å²) in [4.78, 5) is 10.6. The molecule has 1 aromatic heterocycles. The van der Waals surface area contributed by atoms with Crippen molar-refractivity contribution in [2.24, 2.45) is 16.8 Å². The van der Waals surface area contributed by atoms with Crippen LogP contribution < -0.4 is 0 Å². The molecule has 0 saturated carbocycles. The zero-order chi connectivity index (χ0) is 39.5. The van der Waals surface area contributed by atoms with E-state index in [2.05, 4.69) is 190 Å². The molecule has 0 saturated heterocycles. The maximum absolute atomic E-state index is 5.48. The van der Waals surface area contributed by atoms with Gasteiger partial charge in [0.05, 0.1) is 23.1 Å². The lowest BCUT2D eigenvalue weighted by Gasteiger charge is -2.32. The van der Waals surface area contributed by atoms with Crippen LogP contribution in [-0.2, 0) is 6.42 Å². The third-order valence-electron chi connectivity index (χ3n) is 13.2. The van der Waals surface area contributed by atoms with Crippen molar-refractivity contribution in [2.45, 2.75) is 44.6 Å². The quantitative estimate of drug-likeness (QED) is 0.125. The predicted octanol–water partition coefficient (Wildman–Crippen LogP) is 13.8. The fourth-order valence-electron chi connectivity index (χ4n) is 10.1. The second-order valence-electron chi connectivity index (χ2n) is 16.7. The van der Waals surface area contributed by atoms with E-state index in [1.165, 1.54) is 71.7 Å². The minimum absolute atomic E-state index is 0.0739. The van der Waals surface area contributed by atoms with Gasteiger partial charge in [-0.25, -0.2) is 4.98 Å². The van der Waals surface area contributed by atoms with E-state index in [4.69, 9.17) is 9.98 Å². The van der Waals surface area contributed by atoms with Crippen LogP contribution in [0.25, 0.3) is 38.3 Å². The molecule has 11 rings (SSSR count). The van der Waals surface area contributed by atoms with Crippen molar-refractivity contribution in [1.29, 1.82) is 0 Å². The summed E-state index contributed by atoms with van der Waals surface area (Å²) in [6, 6.07) is 31.4. The van der Waals surface area contributed by atoms with Gasteiger partial charge in [-0.1, -0.05) is 177 Å². The summed E-state index contributed by atoms with van der Waals surface area (Å²) in [6.45, 7) is 6.76. The molecule has 0 radical (unpaired) electrons. The zero-order valence-electron chi connectivity index (χ0n) is 33.5. The van der Waals surface area contributed by atoms with Crippen LogP contribution in [0.3, 0.4) is 0 Å². The molecule has 4 atom stereocenters. The number of aryl methyl sites for hydroxylation is 1. The number of rotatable bonds is 6. The topological polar surface area (TPSA) is 25.2 Å². The molecule has 5 aliphatic carbocycles. The molecule has 0 amide bonds. The molecule has 6 aliphatic rings. The van der Waals surface area contributed by atoms with Crippen LogP contribution in [0.4, 0.5) is 0 Å². The average molecular weight is 759 g/mol. The Morgan fingerprint density at radius 3 is 2.29 bits per heavy atom. The number of allylic oxidation sites excluding steroid dienone is 19. The Hall–Kier alpha value is -6.64. The third kappa shape index (κ3) is 6.26. The van der Waals surface area contributed by atoms with Gasteiger partial charge in [0.2, 0.25) is 0 Å². The number of fused-ring (bicyclic) bond motifs is 10. The van der Waals surface area contributed by atoms with Gasteiger partial charge in [-0.3, -0.25) is 4.99 Å². The summed E-state index contributed by atoms with van der Waals surface area (Å²) in [5.74, 6) is 0.825. The van der Waals surface area contributed by atoms with E-state index in [1.54, 1.807) is 0 Å². The molecule has 284 valence electrons. The van der Waals surface area contributed by atoms with E-state index in [0.717, 1.165) is 53.9 Å². The molecule has 0 fully saturated rings. The Balaban J connectivity index is 0.865. The third-order valence-corrected chi connectivity index (χ3v) is 13.2. The Morgan fingerprint density at radius 1 is 0.695 bits per heavy atom. The second kappa shape index (κ2) is 14.6. The molecule has 0 spiro atoms. The fraction of sp³-hybridized carbons (Fsp3) is 0.158. The smallest absolute Gasteiger partial charge is 0.0794 e. The van der Waals surface area contributed by atoms with Crippen molar-refractivity contribution in [1.82, 2.24) is 4.98 Å². The molecule has 0 N–H and O–H groups in total. The highest BCUT2D eigenvalue weighted by Crippen LogP contribution is 2.45. The molecule has 4 unspecified atom stereocenters. The van der Waals surface area contributed by atoms with E-state index in [9.17, 15) is 0 Å². The molecule has 0 bridgehead atoms. The van der Waals surface area contributed by atoms with Crippen molar-refractivity contribution < 1.29 is 0 Å². The van der Waals surface area contributed by atoms with E-state index in [-0.39, 0.29) is 17.9 Å². The first-order valence-electron chi connectivity index (χ1n) is 21.3. The van der Waals surface area contributed by atoms with Gasteiger partial charge < -0.3 is 0 Å². The van der Waals surface area contributed by atoms with Crippen LogP contribution in [0.1, 0.15) is 71.3 Å². The van der Waals surface area contributed by atoms with Gasteiger partial charge in [0.15, 0.2) is 0 Å². The summed E-state index contributed by atoms with van der Waals surface area (Å²) < 4.78 is 0. The first kappa shape index (κ1) is 35.5. The molecule has 59 heavy (non-hydrogen) atoms. The van der Waals surface area contributed by atoms with Crippen LogP contribution in [0.2, 0.25) is 0 Å². The highest BCUT2D eigenvalue weighted by atomic mass is 14.8. The summed E-state index contributed by atoms with van der Waals surface area (Å²) in [7, 11) is 0. The molecule has 4 aromatic carbocycles. The first-order valence-corrected chi connectivity index (χ1v) is 21.3. The van der Waals surface area contributed by atoms with Crippen LogP contribution in [0.15, 0.2) is 204 Å². The van der Waals surface area contributed by atoms with Gasteiger partial charge in [0.1, 0.15) is 0 Å².